The Morgan fingerprint density at radius 1 is 1.26 bits per heavy atom. The number of hydrogen-bond acceptors (Lipinski definition) is 2. The zero-order valence-electron chi connectivity index (χ0n) is 17.5. The van der Waals surface area contributed by atoms with E-state index in [-0.39, 0.29) is 5.41 Å². The predicted octanol–water partition coefficient (Wildman–Crippen LogP) is 5.57. The third kappa shape index (κ3) is 4.18. The smallest absolute Gasteiger partial charge is 0.0416 e. The first kappa shape index (κ1) is 20.7. The Kier molecular flexibility index (Phi) is 6.90. The quantitative estimate of drug-likeness (QED) is 0.581. The molecule has 1 N–H and O–H groups in total. The van der Waals surface area contributed by atoms with Gasteiger partial charge in [0.2, 0.25) is 0 Å². The Hall–Kier alpha value is -0.370. The van der Waals surface area contributed by atoms with Crippen LogP contribution >= 0.6 is 0 Å². The van der Waals surface area contributed by atoms with E-state index < -0.39 is 0 Å². The van der Waals surface area contributed by atoms with Crippen LogP contribution < -0.4 is 5.32 Å². The summed E-state index contributed by atoms with van der Waals surface area (Å²) in [4.78, 5) is 5.01. The molecule has 0 radical (unpaired) electrons. The van der Waals surface area contributed by atoms with E-state index >= 15 is 0 Å². The van der Waals surface area contributed by atoms with Crippen molar-refractivity contribution >= 4 is 5.71 Å². The predicted molar refractivity (Wildman–Crippen MR) is 104 cm³/mol. The van der Waals surface area contributed by atoms with E-state index in [1.165, 1.54) is 18.6 Å². The summed E-state index contributed by atoms with van der Waals surface area (Å²) in [6.07, 6.45) is 2.49. The van der Waals surface area contributed by atoms with Gasteiger partial charge in [0.05, 0.1) is 0 Å². The van der Waals surface area contributed by atoms with Gasteiger partial charge < -0.3 is 5.32 Å². The summed E-state index contributed by atoms with van der Waals surface area (Å²) in [5, 5.41) is 3.90. The molecular formula is C21H42N2. The van der Waals surface area contributed by atoms with Crippen molar-refractivity contribution in [3.8, 4) is 0 Å². The molecule has 0 aromatic rings. The molecule has 0 aromatic carbocycles. The molecule has 23 heavy (non-hydrogen) atoms. The molecule has 0 amide bonds. The van der Waals surface area contributed by atoms with Gasteiger partial charge in [-0.3, -0.25) is 4.99 Å². The van der Waals surface area contributed by atoms with Crippen LogP contribution in [0, 0.1) is 28.6 Å². The lowest BCUT2D eigenvalue weighted by Gasteiger charge is -2.61. The van der Waals surface area contributed by atoms with Crippen LogP contribution in [0.2, 0.25) is 0 Å². The van der Waals surface area contributed by atoms with Gasteiger partial charge >= 0.3 is 0 Å². The lowest BCUT2D eigenvalue weighted by Crippen LogP contribution is -2.66. The van der Waals surface area contributed by atoms with Crippen molar-refractivity contribution in [2.75, 3.05) is 6.54 Å². The first-order valence-corrected chi connectivity index (χ1v) is 9.74. The minimum absolute atomic E-state index is 0.140. The highest BCUT2D eigenvalue weighted by atomic mass is 15.0. The minimum atomic E-state index is 0.140. The largest absolute Gasteiger partial charge is 0.311 e. The standard InChI is InChI=1S/C21H42N2/c1-11-17(6)23-19-15(4)12-21(19,10)20(8,9)18(7)22-13-16(5)14(2)3/h14-17,19,23H,11-13H2,1-10H3. The molecule has 0 heterocycles. The maximum Gasteiger partial charge on any atom is 0.0416 e. The van der Waals surface area contributed by atoms with E-state index in [1.54, 1.807) is 0 Å². The van der Waals surface area contributed by atoms with Gasteiger partial charge in [-0.05, 0) is 49.9 Å². The Labute approximate surface area is 145 Å². The molecule has 1 saturated carbocycles. The number of rotatable bonds is 8. The molecule has 2 nitrogen and oxygen atoms in total. The Morgan fingerprint density at radius 3 is 2.26 bits per heavy atom. The second-order valence-corrected chi connectivity index (χ2v) is 9.32. The molecule has 0 saturated heterocycles. The highest BCUT2D eigenvalue weighted by Gasteiger charge is 2.57. The maximum atomic E-state index is 5.01. The third-order valence-corrected chi connectivity index (χ3v) is 7.16. The highest BCUT2D eigenvalue weighted by molar-refractivity contribution is 5.88. The van der Waals surface area contributed by atoms with Crippen molar-refractivity contribution in [3.63, 3.8) is 0 Å². The zero-order valence-corrected chi connectivity index (χ0v) is 17.5. The fraction of sp³-hybridized carbons (Fsp3) is 0.952. The first-order chi connectivity index (χ1) is 10.5. The summed E-state index contributed by atoms with van der Waals surface area (Å²) in [5.74, 6) is 2.12. The summed E-state index contributed by atoms with van der Waals surface area (Å²) in [6.45, 7) is 24.4. The lowest BCUT2D eigenvalue weighted by atomic mass is 9.47. The van der Waals surface area contributed by atoms with Gasteiger partial charge in [-0.1, -0.05) is 55.4 Å². The van der Waals surface area contributed by atoms with Crippen LogP contribution in [-0.4, -0.2) is 24.3 Å². The molecule has 136 valence electrons. The molecule has 0 bridgehead atoms. The number of nitrogens with one attached hydrogen (secondary N) is 1. The maximum absolute atomic E-state index is 5.01. The molecule has 1 rings (SSSR count). The van der Waals surface area contributed by atoms with Crippen LogP contribution in [0.25, 0.3) is 0 Å². The average Bonchev–Trinajstić information content (AvgIpc) is 2.48. The topological polar surface area (TPSA) is 24.4 Å². The lowest BCUT2D eigenvalue weighted by molar-refractivity contribution is -0.0519. The third-order valence-electron chi connectivity index (χ3n) is 7.16. The van der Waals surface area contributed by atoms with Crippen molar-refractivity contribution in [3.05, 3.63) is 0 Å². The molecular weight excluding hydrogens is 280 g/mol. The zero-order chi connectivity index (χ0) is 18.0. The van der Waals surface area contributed by atoms with Crippen LogP contribution in [0.5, 0.6) is 0 Å². The van der Waals surface area contributed by atoms with E-state index in [2.05, 4.69) is 74.6 Å². The normalized spacial score (nSPS) is 31.9. The molecule has 2 heteroatoms. The molecule has 5 unspecified atom stereocenters. The highest BCUT2D eigenvalue weighted by Crippen LogP contribution is 2.57. The van der Waals surface area contributed by atoms with Gasteiger partial charge in [0, 0.05) is 29.8 Å². The van der Waals surface area contributed by atoms with Gasteiger partial charge in [-0.15, -0.1) is 0 Å². The minimum Gasteiger partial charge on any atom is -0.311 e. The van der Waals surface area contributed by atoms with Gasteiger partial charge in [-0.2, -0.15) is 0 Å². The summed E-state index contributed by atoms with van der Waals surface area (Å²) >= 11 is 0. The van der Waals surface area contributed by atoms with E-state index in [0.717, 1.165) is 12.5 Å². The summed E-state index contributed by atoms with van der Waals surface area (Å²) in [6, 6.07) is 1.19. The molecule has 1 fully saturated rings. The Morgan fingerprint density at radius 2 is 1.83 bits per heavy atom. The van der Waals surface area contributed by atoms with Crippen molar-refractivity contribution in [2.45, 2.75) is 94.2 Å². The number of nitrogens with zero attached hydrogens (tertiary/aromatic N) is 1. The summed E-state index contributed by atoms with van der Waals surface area (Å²) < 4.78 is 0. The number of hydrogen-bond donors (Lipinski definition) is 1. The van der Waals surface area contributed by atoms with Gasteiger partial charge in [0.1, 0.15) is 0 Å². The summed E-state index contributed by atoms with van der Waals surface area (Å²) in [5.41, 5.74) is 1.77. The number of aliphatic imine (C=N–C) groups is 1. The average molecular weight is 323 g/mol. The molecule has 0 aromatic heterocycles. The van der Waals surface area contributed by atoms with Crippen molar-refractivity contribution in [2.24, 2.45) is 33.6 Å². The van der Waals surface area contributed by atoms with Crippen LogP contribution in [0.4, 0.5) is 0 Å². The molecule has 5 atom stereocenters. The fourth-order valence-corrected chi connectivity index (χ4v) is 3.90. The molecule has 0 aliphatic heterocycles. The second kappa shape index (κ2) is 7.68. The van der Waals surface area contributed by atoms with Crippen LogP contribution in [0.15, 0.2) is 4.99 Å². The Balaban J connectivity index is 2.89. The SMILES string of the molecule is CCC(C)NC1C(C)CC1(C)C(C)(C)C(C)=NCC(C)C(C)C. The van der Waals surface area contributed by atoms with Crippen molar-refractivity contribution in [1.29, 1.82) is 0 Å². The van der Waals surface area contributed by atoms with Crippen LogP contribution in [0.3, 0.4) is 0 Å². The molecule has 0 spiro atoms. The fourth-order valence-electron chi connectivity index (χ4n) is 3.90. The molecule has 1 aliphatic rings. The van der Waals surface area contributed by atoms with E-state index in [1.807, 2.05) is 0 Å². The summed E-state index contributed by atoms with van der Waals surface area (Å²) in [7, 11) is 0. The Bertz CT molecular complexity index is 410. The van der Waals surface area contributed by atoms with Gasteiger partial charge in [-0.25, -0.2) is 0 Å². The van der Waals surface area contributed by atoms with Gasteiger partial charge in [0.15, 0.2) is 0 Å². The van der Waals surface area contributed by atoms with Crippen molar-refractivity contribution in [1.82, 2.24) is 5.32 Å². The van der Waals surface area contributed by atoms with Crippen molar-refractivity contribution < 1.29 is 0 Å². The monoisotopic (exact) mass is 322 g/mol. The van der Waals surface area contributed by atoms with Crippen LogP contribution in [0.1, 0.15) is 82.1 Å². The van der Waals surface area contributed by atoms with E-state index in [9.17, 15) is 0 Å². The molecule has 1 aliphatic carbocycles. The first-order valence-electron chi connectivity index (χ1n) is 9.74. The van der Waals surface area contributed by atoms with E-state index in [4.69, 9.17) is 4.99 Å². The van der Waals surface area contributed by atoms with E-state index in [0.29, 0.717) is 29.3 Å². The van der Waals surface area contributed by atoms with Gasteiger partial charge in [0.25, 0.3) is 0 Å². The van der Waals surface area contributed by atoms with Crippen LogP contribution in [-0.2, 0) is 0 Å². The second-order valence-electron chi connectivity index (χ2n) is 9.32.